The molecule has 0 bridgehead atoms. The number of nitrogens with zero attached hydrogens (tertiary/aromatic N) is 5. The van der Waals surface area contributed by atoms with Gasteiger partial charge in [-0.1, -0.05) is 6.92 Å². The minimum Gasteiger partial charge on any atom is -0.487 e. The van der Waals surface area contributed by atoms with Crippen LogP contribution in [0.25, 0.3) is 22.3 Å². The number of anilines is 1. The van der Waals surface area contributed by atoms with Crippen molar-refractivity contribution in [2.75, 3.05) is 18.9 Å². The molecule has 2 N–H and O–H groups in total. The monoisotopic (exact) mass is 528 g/mol. The Bertz CT molecular complexity index is 1660. The summed E-state index contributed by atoms with van der Waals surface area (Å²) in [5.74, 6) is 1.19. The van der Waals surface area contributed by atoms with Gasteiger partial charge in [-0.3, -0.25) is 0 Å². The molecule has 0 unspecified atom stereocenters. The number of aromatic nitrogens is 5. The van der Waals surface area contributed by atoms with Gasteiger partial charge in [-0.15, -0.1) is 0 Å². The maximum absolute atomic E-state index is 14.4. The predicted molar refractivity (Wildman–Crippen MR) is 145 cm³/mol. The Labute approximate surface area is 225 Å². The third-order valence-electron chi connectivity index (χ3n) is 7.06. The Balaban J connectivity index is 1.22. The summed E-state index contributed by atoms with van der Waals surface area (Å²) in [5, 5.41) is 5.55. The van der Waals surface area contributed by atoms with Gasteiger partial charge in [0.25, 0.3) is 0 Å². The highest BCUT2D eigenvalue weighted by Gasteiger charge is 2.35. The van der Waals surface area contributed by atoms with E-state index in [9.17, 15) is 4.39 Å². The summed E-state index contributed by atoms with van der Waals surface area (Å²) in [6.45, 7) is 6.51. The number of nitrogen functional groups attached to an aromatic ring is 1. The summed E-state index contributed by atoms with van der Waals surface area (Å²) in [5.41, 5.74) is 10.6. The van der Waals surface area contributed by atoms with Crippen LogP contribution in [0.15, 0.2) is 60.9 Å². The zero-order valence-electron chi connectivity index (χ0n) is 22.0. The summed E-state index contributed by atoms with van der Waals surface area (Å²) in [6.07, 6.45) is 1.45. The average molecular weight is 529 g/mol. The predicted octanol–water partition coefficient (Wildman–Crippen LogP) is 5.27. The summed E-state index contributed by atoms with van der Waals surface area (Å²) in [6, 6.07) is 15.7. The van der Waals surface area contributed by atoms with Gasteiger partial charge >= 0.3 is 0 Å². The Morgan fingerprint density at radius 2 is 1.79 bits per heavy atom. The lowest BCUT2D eigenvalue weighted by molar-refractivity contribution is -0.111. The fraction of sp³-hybridized carbons (Fsp3) is 0.276. The Hall–Kier alpha value is -4.44. The van der Waals surface area contributed by atoms with E-state index >= 15 is 0 Å². The number of halogens is 1. The molecule has 1 saturated heterocycles. The van der Waals surface area contributed by atoms with E-state index in [2.05, 4.69) is 16.9 Å². The van der Waals surface area contributed by atoms with Gasteiger partial charge in [0, 0.05) is 41.9 Å². The molecule has 4 heterocycles. The molecule has 1 aliphatic heterocycles. The van der Waals surface area contributed by atoms with Gasteiger partial charge in [0.2, 0.25) is 0 Å². The second-order valence-corrected chi connectivity index (χ2v) is 10.3. The molecular formula is C29H29FN6O3. The van der Waals surface area contributed by atoms with Crippen molar-refractivity contribution in [2.45, 2.75) is 27.0 Å². The van der Waals surface area contributed by atoms with Crippen molar-refractivity contribution < 1.29 is 18.6 Å². The molecule has 6 rings (SSSR count). The summed E-state index contributed by atoms with van der Waals surface area (Å²) < 4.78 is 35.5. The van der Waals surface area contributed by atoms with E-state index in [1.807, 2.05) is 47.5 Å². The van der Waals surface area contributed by atoms with E-state index in [0.29, 0.717) is 66.2 Å². The minimum absolute atomic E-state index is 0.000946. The van der Waals surface area contributed by atoms with Crippen LogP contribution >= 0.6 is 0 Å². The van der Waals surface area contributed by atoms with E-state index < -0.39 is 5.82 Å². The highest BCUT2D eigenvalue weighted by Crippen LogP contribution is 2.35. The van der Waals surface area contributed by atoms with Crippen molar-refractivity contribution in [3.05, 3.63) is 78.1 Å². The van der Waals surface area contributed by atoms with Crippen molar-refractivity contribution in [2.24, 2.45) is 12.5 Å². The summed E-state index contributed by atoms with van der Waals surface area (Å²) in [7, 11) is 1.97. The molecule has 1 aliphatic rings. The summed E-state index contributed by atoms with van der Waals surface area (Å²) >= 11 is 0. The van der Waals surface area contributed by atoms with Crippen molar-refractivity contribution in [1.29, 1.82) is 0 Å². The number of ether oxygens (including phenoxy) is 3. The van der Waals surface area contributed by atoms with Crippen molar-refractivity contribution in [1.82, 2.24) is 24.3 Å². The maximum Gasteiger partial charge on any atom is 0.163 e. The van der Waals surface area contributed by atoms with E-state index in [1.54, 1.807) is 18.2 Å². The standard InChI is InChI=1S/C29H29FN6O3/c1-18-4-7-21(35(18)3)13-38-23-10-20(30)11-24(12-23)39-22-8-5-19(6-9-22)26-25-27(31)32-17-33-28(25)36(34-26)14-29(2)15-37-16-29/h4-12,17H,13-16H2,1-3H3,(H2,31,32,33). The highest BCUT2D eigenvalue weighted by atomic mass is 19.1. The number of benzene rings is 2. The first-order valence-electron chi connectivity index (χ1n) is 12.7. The van der Waals surface area contributed by atoms with Gasteiger partial charge in [-0.05, 0) is 43.3 Å². The van der Waals surface area contributed by atoms with E-state index in [0.717, 1.165) is 17.0 Å². The lowest BCUT2D eigenvalue weighted by atomic mass is 9.89. The van der Waals surface area contributed by atoms with Crippen LogP contribution in [0.2, 0.25) is 0 Å². The summed E-state index contributed by atoms with van der Waals surface area (Å²) in [4.78, 5) is 8.64. The third-order valence-corrected chi connectivity index (χ3v) is 7.06. The Morgan fingerprint density at radius 3 is 2.49 bits per heavy atom. The number of hydrogen-bond donors (Lipinski definition) is 1. The second-order valence-electron chi connectivity index (χ2n) is 10.3. The number of aryl methyl sites for hydroxylation is 1. The van der Waals surface area contributed by atoms with Crippen LogP contribution in [0.3, 0.4) is 0 Å². The number of hydrogen-bond acceptors (Lipinski definition) is 7. The minimum atomic E-state index is -0.444. The first-order valence-corrected chi connectivity index (χ1v) is 12.7. The molecule has 0 atom stereocenters. The number of nitrogens with two attached hydrogens (primary N) is 1. The Kier molecular flexibility index (Phi) is 6.19. The average Bonchev–Trinajstić information content (AvgIpc) is 3.42. The highest BCUT2D eigenvalue weighted by molar-refractivity contribution is 5.98. The van der Waals surface area contributed by atoms with Crippen LogP contribution in [-0.4, -0.2) is 37.5 Å². The van der Waals surface area contributed by atoms with Gasteiger partial charge in [-0.2, -0.15) is 5.10 Å². The molecule has 5 aromatic rings. The first-order chi connectivity index (χ1) is 18.8. The van der Waals surface area contributed by atoms with Gasteiger partial charge < -0.3 is 24.5 Å². The molecule has 0 aliphatic carbocycles. The van der Waals surface area contributed by atoms with Gasteiger partial charge in [0.15, 0.2) is 5.65 Å². The normalized spacial score (nSPS) is 14.4. The number of fused-ring (bicyclic) bond motifs is 1. The van der Waals surface area contributed by atoms with Gasteiger partial charge in [0.1, 0.15) is 47.5 Å². The third kappa shape index (κ3) is 4.90. The van der Waals surface area contributed by atoms with Gasteiger partial charge in [-0.25, -0.2) is 19.0 Å². The molecule has 3 aromatic heterocycles. The smallest absolute Gasteiger partial charge is 0.163 e. The SMILES string of the molecule is Cc1ccc(COc2cc(F)cc(Oc3ccc(-c4nn(CC5(C)COC5)c5ncnc(N)c45)cc3)c2)n1C. The second kappa shape index (κ2) is 9.70. The van der Waals surface area contributed by atoms with Crippen LogP contribution in [0.1, 0.15) is 18.3 Å². The van der Waals surface area contributed by atoms with Crippen molar-refractivity contribution in [3.8, 4) is 28.5 Å². The molecule has 9 nitrogen and oxygen atoms in total. The fourth-order valence-corrected chi connectivity index (χ4v) is 4.71. The molecule has 39 heavy (non-hydrogen) atoms. The lowest BCUT2D eigenvalue weighted by Gasteiger charge is -2.37. The van der Waals surface area contributed by atoms with Crippen LogP contribution < -0.4 is 15.2 Å². The zero-order valence-corrected chi connectivity index (χ0v) is 22.0. The zero-order chi connectivity index (χ0) is 27.1. The van der Waals surface area contributed by atoms with Crippen LogP contribution in [0.5, 0.6) is 17.2 Å². The van der Waals surface area contributed by atoms with Crippen LogP contribution in [-0.2, 0) is 24.9 Å². The molecule has 0 spiro atoms. The van der Waals surface area contributed by atoms with E-state index in [1.165, 1.54) is 18.5 Å². The quantitative estimate of drug-likeness (QED) is 0.293. The molecule has 0 amide bonds. The van der Waals surface area contributed by atoms with E-state index in [-0.39, 0.29) is 5.41 Å². The number of rotatable bonds is 8. The van der Waals surface area contributed by atoms with Crippen molar-refractivity contribution in [3.63, 3.8) is 0 Å². The molecule has 1 fully saturated rings. The van der Waals surface area contributed by atoms with E-state index in [4.69, 9.17) is 25.0 Å². The molecular weight excluding hydrogens is 499 g/mol. The van der Waals surface area contributed by atoms with Crippen LogP contribution in [0, 0.1) is 18.2 Å². The molecule has 200 valence electrons. The molecule has 0 saturated carbocycles. The maximum atomic E-state index is 14.4. The van der Waals surface area contributed by atoms with Crippen LogP contribution in [0.4, 0.5) is 10.2 Å². The topological polar surface area (TPSA) is 102 Å². The molecule has 2 aromatic carbocycles. The first kappa shape index (κ1) is 24.9. The molecule has 10 heteroatoms. The van der Waals surface area contributed by atoms with Gasteiger partial charge in [0.05, 0.1) is 30.8 Å². The Morgan fingerprint density at radius 1 is 1.03 bits per heavy atom. The molecule has 0 radical (unpaired) electrons. The largest absolute Gasteiger partial charge is 0.487 e. The fourth-order valence-electron chi connectivity index (χ4n) is 4.71. The van der Waals surface area contributed by atoms with Crippen molar-refractivity contribution >= 4 is 16.9 Å². The lowest BCUT2D eigenvalue weighted by Crippen LogP contribution is -2.43.